The highest BCUT2D eigenvalue weighted by molar-refractivity contribution is 9.10. The minimum absolute atomic E-state index is 0.732. The number of nitrogens with zero attached hydrogens (tertiary/aromatic N) is 4. The fraction of sp³-hybridized carbons (Fsp3) is 0.545. The molecular weight excluding hydrogens is 346 g/mol. The Balaban J connectivity index is 1.50. The van der Waals surface area contributed by atoms with Crippen molar-refractivity contribution in [2.75, 3.05) is 6.54 Å². The predicted molar refractivity (Wildman–Crippen MR) is 80.4 cm³/mol. The molecule has 1 N–H and O–H groups in total. The van der Waals surface area contributed by atoms with Crippen molar-refractivity contribution in [2.45, 2.75) is 36.3 Å². The van der Waals surface area contributed by atoms with Crippen molar-refractivity contribution < 1.29 is 0 Å². The zero-order valence-electron chi connectivity index (χ0n) is 10.3. The smallest absolute Gasteiger partial charge is 0.209 e. The number of thioether (sulfide) groups is 1. The Morgan fingerprint density at radius 1 is 1.53 bits per heavy atom. The Labute approximate surface area is 128 Å². The summed E-state index contributed by atoms with van der Waals surface area (Å²) in [6.07, 6.45) is 2.62. The van der Waals surface area contributed by atoms with Crippen LogP contribution in [0.4, 0.5) is 0 Å². The molecule has 3 rings (SSSR count). The number of halogens is 1. The Morgan fingerprint density at radius 3 is 3.16 bits per heavy atom. The first-order valence-electron chi connectivity index (χ1n) is 6.16. The van der Waals surface area contributed by atoms with Crippen molar-refractivity contribution in [1.82, 2.24) is 25.5 Å². The van der Waals surface area contributed by atoms with Crippen molar-refractivity contribution in [3.05, 3.63) is 20.8 Å². The van der Waals surface area contributed by atoms with Gasteiger partial charge in [-0.05, 0) is 45.3 Å². The second-order valence-corrected chi connectivity index (χ2v) is 7.29. The molecule has 1 saturated carbocycles. The van der Waals surface area contributed by atoms with Crippen LogP contribution in [0, 0.1) is 0 Å². The van der Waals surface area contributed by atoms with E-state index in [1.54, 1.807) is 23.1 Å². The first-order valence-corrected chi connectivity index (χ1v) is 8.82. The van der Waals surface area contributed by atoms with Crippen LogP contribution in [-0.2, 0) is 12.3 Å². The van der Waals surface area contributed by atoms with Gasteiger partial charge < -0.3 is 5.32 Å². The summed E-state index contributed by atoms with van der Waals surface area (Å²) in [5.74, 6) is 0.909. The molecule has 2 heterocycles. The average Bonchev–Trinajstić information content (AvgIpc) is 2.95. The standard InChI is InChI=1S/C11H14BrN5S2/c12-8-5-10(18-6-8)7-19-11-14-15-16-17(11)4-3-13-9-1-2-9/h5-6,9,13H,1-4,7H2. The summed E-state index contributed by atoms with van der Waals surface area (Å²) in [7, 11) is 0. The molecule has 0 atom stereocenters. The fourth-order valence-electron chi connectivity index (χ4n) is 1.67. The second kappa shape index (κ2) is 6.34. The highest BCUT2D eigenvalue weighted by Gasteiger charge is 2.20. The molecule has 1 fully saturated rings. The van der Waals surface area contributed by atoms with Gasteiger partial charge in [0.2, 0.25) is 5.16 Å². The van der Waals surface area contributed by atoms with Crippen LogP contribution in [0.2, 0.25) is 0 Å². The van der Waals surface area contributed by atoms with Gasteiger partial charge in [-0.1, -0.05) is 11.8 Å². The lowest BCUT2D eigenvalue weighted by Gasteiger charge is -2.04. The van der Waals surface area contributed by atoms with E-state index >= 15 is 0 Å². The van der Waals surface area contributed by atoms with E-state index < -0.39 is 0 Å². The maximum Gasteiger partial charge on any atom is 0.209 e. The number of nitrogens with one attached hydrogen (secondary N) is 1. The molecule has 5 nitrogen and oxygen atoms in total. The van der Waals surface area contributed by atoms with Crippen LogP contribution in [0.3, 0.4) is 0 Å². The van der Waals surface area contributed by atoms with Crippen LogP contribution in [-0.4, -0.2) is 32.8 Å². The average molecular weight is 360 g/mol. The van der Waals surface area contributed by atoms with Crippen LogP contribution in [0.25, 0.3) is 0 Å². The third kappa shape index (κ3) is 4.01. The number of hydrogen-bond donors (Lipinski definition) is 1. The highest BCUT2D eigenvalue weighted by atomic mass is 79.9. The van der Waals surface area contributed by atoms with Gasteiger partial charge in [-0.25, -0.2) is 4.68 Å². The van der Waals surface area contributed by atoms with Crippen LogP contribution < -0.4 is 5.32 Å². The maximum atomic E-state index is 4.08. The fourth-order valence-corrected chi connectivity index (χ4v) is 4.08. The van der Waals surface area contributed by atoms with Crippen LogP contribution in [0.1, 0.15) is 17.7 Å². The van der Waals surface area contributed by atoms with Crippen molar-refractivity contribution in [2.24, 2.45) is 0 Å². The van der Waals surface area contributed by atoms with Crippen LogP contribution in [0.15, 0.2) is 21.1 Å². The van der Waals surface area contributed by atoms with Crippen molar-refractivity contribution in [3.8, 4) is 0 Å². The third-order valence-corrected chi connectivity index (χ3v) is 5.68. The summed E-state index contributed by atoms with van der Waals surface area (Å²) in [6.45, 7) is 1.77. The van der Waals surface area contributed by atoms with Gasteiger partial charge in [0.25, 0.3) is 0 Å². The summed E-state index contributed by atoms with van der Waals surface area (Å²) < 4.78 is 3.02. The Kier molecular flexibility index (Phi) is 4.52. The van der Waals surface area contributed by atoms with E-state index in [2.05, 4.69) is 48.2 Å². The molecule has 0 unspecified atom stereocenters. The molecule has 0 aliphatic heterocycles. The van der Waals surface area contributed by atoms with Gasteiger partial charge in [0.05, 0.1) is 6.54 Å². The molecule has 0 radical (unpaired) electrons. The van der Waals surface area contributed by atoms with Crippen molar-refractivity contribution in [3.63, 3.8) is 0 Å². The lowest BCUT2D eigenvalue weighted by Crippen LogP contribution is -2.22. The minimum Gasteiger partial charge on any atom is -0.312 e. The molecule has 0 saturated heterocycles. The maximum absolute atomic E-state index is 4.08. The molecule has 0 bridgehead atoms. The van der Waals surface area contributed by atoms with E-state index in [9.17, 15) is 0 Å². The topological polar surface area (TPSA) is 55.6 Å². The molecule has 0 amide bonds. The van der Waals surface area contributed by atoms with Gasteiger partial charge in [0.1, 0.15) is 0 Å². The molecular formula is C11H14BrN5S2. The normalized spacial score (nSPS) is 15.0. The van der Waals surface area contributed by atoms with E-state index in [-0.39, 0.29) is 0 Å². The Hall–Kier alpha value is -0.440. The van der Waals surface area contributed by atoms with E-state index in [0.29, 0.717) is 0 Å². The number of hydrogen-bond acceptors (Lipinski definition) is 6. The quantitative estimate of drug-likeness (QED) is 0.769. The van der Waals surface area contributed by atoms with Gasteiger partial charge in [-0.15, -0.1) is 16.4 Å². The summed E-state index contributed by atoms with van der Waals surface area (Å²) in [4.78, 5) is 1.32. The number of tetrazole rings is 1. The van der Waals surface area contributed by atoms with Crippen molar-refractivity contribution in [1.29, 1.82) is 0 Å². The minimum atomic E-state index is 0.732. The van der Waals surface area contributed by atoms with Gasteiger partial charge in [-0.3, -0.25) is 0 Å². The van der Waals surface area contributed by atoms with E-state index in [0.717, 1.165) is 34.5 Å². The molecule has 19 heavy (non-hydrogen) atoms. The second-order valence-electron chi connectivity index (χ2n) is 4.43. The molecule has 1 aliphatic carbocycles. The number of thiophene rings is 1. The van der Waals surface area contributed by atoms with Crippen molar-refractivity contribution >= 4 is 39.0 Å². The largest absolute Gasteiger partial charge is 0.312 e. The van der Waals surface area contributed by atoms with Gasteiger partial charge >= 0.3 is 0 Å². The first kappa shape index (κ1) is 13.5. The van der Waals surface area contributed by atoms with E-state index in [4.69, 9.17) is 0 Å². The summed E-state index contributed by atoms with van der Waals surface area (Å²) in [5.41, 5.74) is 0. The molecule has 102 valence electrons. The first-order chi connectivity index (χ1) is 9.31. The number of aromatic nitrogens is 4. The van der Waals surface area contributed by atoms with Crippen LogP contribution in [0.5, 0.6) is 0 Å². The molecule has 8 heteroatoms. The summed E-state index contributed by atoms with van der Waals surface area (Å²) in [5, 5.41) is 18.3. The lowest BCUT2D eigenvalue weighted by molar-refractivity contribution is 0.509. The Morgan fingerprint density at radius 2 is 2.42 bits per heavy atom. The zero-order valence-corrected chi connectivity index (χ0v) is 13.5. The molecule has 0 aromatic carbocycles. The predicted octanol–water partition coefficient (Wildman–Crippen LogP) is 2.54. The highest BCUT2D eigenvalue weighted by Crippen LogP contribution is 2.26. The number of rotatable bonds is 7. The van der Waals surface area contributed by atoms with E-state index in [1.807, 2.05) is 4.68 Å². The SMILES string of the molecule is Brc1csc(CSc2nnnn2CCNC2CC2)c1. The molecule has 1 aliphatic rings. The lowest BCUT2D eigenvalue weighted by atomic mass is 10.5. The molecule has 0 spiro atoms. The third-order valence-electron chi connectivity index (χ3n) is 2.80. The molecule has 2 aromatic heterocycles. The summed E-state index contributed by atoms with van der Waals surface area (Å²) in [6, 6.07) is 2.87. The monoisotopic (exact) mass is 359 g/mol. The molecule has 2 aromatic rings. The van der Waals surface area contributed by atoms with Gasteiger partial charge in [0, 0.05) is 33.1 Å². The van der Waals surface area contributed by atoms with E-state index in [1.165, 1.54) is 17.7 Å². The van der Waals surface area contributed by atoms with Gasteiger partial charge in [-0.2, -0.15) is 0 Å². The summed E-state index contributed by atoms with van der Waals surface area (Å²) >= 11 is 6.90. The van der Waals surface area contributed by atoms with Gasteiger partial charge in [0.15, 0.2) is 0 Å². The zero-order chi connectivity index (χ0) is 13.1. The Bertz CT molecular complexity index is 537. The van der Waals surface area contributed by atoms with Crippen LogP contribution >= 0.6 is 39.0 Å².